The summed E-state index contributed by atoms with van der Waals surface area (Å²) in [6.45, 7) is 5.47. The van der Waals surface area contributed by atoms with Crippen LogP contribution in [-0.2, 0) is 4.57 Å². The number of rotatable bonds is 2. The molecule has 4 heteroatoms. The zero-order valence-electron chi connectivity index (χ0n) is 5.51. The first kappa shape index (κ1) is 12.3. The van der Waals surface area contributed by atoms with Gasteiger partial charge in [-0.2, -0.15) is 4.89 Å². The van der Waals surface area contributed by atoms with Gasteiger partial charge in [-0.3, -0.25) is 0 Å². The van der Waals surface area contributed by atoms with Crippen molar-refractivity contribution in [2.75, 3.05) is 0 Å². The van der Waals surface area contributed by atoms with Crippen LogP contribution in [0, 0.1) is 0 Å². The molecule has 0 rings (SSSR count). The number of hydrogen-bond acceptors (Lipinski definition) is 1. The summed E-state index contributed by atoms with van der Waals surface area (Å²) in [5.74, 6) is 0. The van der Waals surface area contributed by atoms with E-state index in [0.29, 0.717) is 0 Å². The van der Waals surface area contributed by atoms with Crippen LogP contribution < -0.4 is 0 Å². The lowest BCUT2D eigenvalue weighted by Gasteiger charge is -2.03. The Morgan fingerprint density at radius 2 is 1.89 bits per heavy atom. The largest absolute Gasteiger partial charge is 0.511 e. The van der Waals surface area contributed by atoms with E-state index in [1.165, 1.54) is 0 Å². The van der Waals surface area contributed by atoms with Crippen LogP contribution in [0.1, 0.15) is 27.2 Å². The Labute approximate surface area is 67.7 Å². The van der Waals surface area contributed by atoms with Crippen LogP contribution in [0.15, 0.2) is 0 Å². The monoisotopic (exact) mass is 165 g/mol. The van der Waals surface area contributed by atoms with Crippen molar-refractivity contribution in [2.45, 2.75) is 32.3 Å². The van der Waals surface area contributed by atoms with Crippen LogP contribution >= 0.6 is 8.03 Å². The molecule has 0 fully saturated rings. The molecule has 0 spiro atoms. The third-order valence-electron chi connectivity index (χ3n) is 1.38. The third-order valence-corrected chi connectivity index (χ3v) is 2.73. The highest BCUT2D eigenvalue weighted by molar-refractivity contribution is 7.39. The van der Waals surface area contributed by atoms with Gasteiger partial charge in [-0.1, -0.05) is 6.92 Å². The van der Waals surface area contributed by atoms with Gasteiger partial charge in [0.25, 0.3) is 0 Å². The lowest BCUT2D eigenvalue weighted by molar-refractivity contribution is 0.459. The molecule has 0 aromatic rings. The molecule has 54 valence electrons. The zero-order chi connectivity index (χ0) is 6.78. The van der Waals surface area contributed by atoms with E-state index in [4.69, 9.17) is 4.89 Å². The predicted octanol–water partition coefficient (Wildman–Crippen LogP) is 0.726. The number of hydrogen-bond donors (Lipinski definition) is 1. The van der Waals surface area contributed by atoms with Gasteiger partial charge in [0.05, 0.1) is 0 Å². The summed E-state index contributed by atoms with van der Waals surface area (Å²) in [6.07, 6.45) is 0.749. The molecule has 0 aromatic carbocycles. The van der Waals surface area contributed by atoms with Gasteiger partial charge < -0.3 is 0 Å². The van der Waals surface area contributed by atoms with Gasteiger partial charge in [-0.15, -0.1) is 0 Å². The van der Waals surface area contributed by atoms with Gasteiger partial charge in [0, 0.05) is 0 Å². The van der Waals surface area contributed by atoms with Crippen molar-refractivity contribution in [1.82, 2.24) is 0 Å². The summed E-state index contributed by atoms with van der Waals surface area (Å²) >= 11 is 0. The molecule has 1 atom stereocenters. The second kappa shape index (κ2) is 4.41. The van der Waals surface area contributed by atoms with Gasteiger partial charge in [0.15, 0.2) is 22.5 Å². The van der Waals surface area contributed by atoms with Crippen molar-refractivity contribution in [3.63, 3.8) is 0 Å². The van der Waals surface area contributed by atoms with Crippen molar-refractivity contribution in [3.8, 4) is 0 Å². The molecular weight excluding hydrogens is 150 g/mol. The molecule has 0 amide bonds. The summed E-state index contributed by atoms with van der Waals surface area (Å²) in [6, 6.07) is 0. The van der Waals surface area contributed by atoms with Gasteiger partial charge in [0.2, 0.25) is 0 Å². The maximum atomic E-state index is 10.4. The molecule has 0 aliphatic rings. The van der Waals surface area contributed by atoms with Crippen LogP contribution in [0.5, 0.6) is 0 Å². The molecule has 0 bridgehead atoms. The highest BCUT2D eigenvalue weighted by atomic mass is 31.1. The summed E-state index contributed by atoms with van der Waals surface area (Å²) in [5, 5.41) is -0.394. The molecule has 9 heavy (non-hydrogen) atoms. The van der Waals surface area contributed by atoms with Crippen LogP contribution in [0.2, 0.25) is 0 Å². The lowest BCUT2D eigenvalue weighted by atomic mass is 10.1. The van der Waals surface area contributed by atoms with E-state index in [1.54, 1.807) is 13.8 Å². The van der Waals surface area contributed by atoms with Crippen molar-refractivity contribution in [3.05, 3.63) is 0 Å². The highest BCUT2D eigenvalue weighted by Crippen LogP contribution is 2.36. The Morgan fingerprint density at radius 1 is 1.56 bits per heavy atom. The minimum atomic E-state index is -1.99. The minimum Gasteiger partial charge on any atom is -0.160 e. The average Bonchev–Trinajstić information content (AvgIpc) is 1.67. The van der Waals surface area contributed by atoms with Gasteiger partial charge >= 0.3 is 8.03 Å². The molecule has 0 aliphatic carbocycles. The second-order valence-electron chi connectivity index (χ2n) is 2.44. The molecule has 0 aliphatic heterocycles. The first-order chi connectivity index (χ1) is 3.50. The maximum Gasteiger partial charge on any atom is 0.511 e. The molecule has 0 saturated heterocycles. The molecule has 0 heterocycles. The summed E-state index contributed by atoms with van der Waals surface area (Å²) < 4.78 is 10.4. The zero-order valence-corrected chi connectivity index (χ0v) is 6.40. The molecule has 0 saturated carbocycles. The van der Waals surface area contributed by atoms with E-state index >= 15 is 0 Å². The summed E-state index contributed by atoms with van der Waals surface area (Å²) in [4.78, 5) is 8.59. The fourth-order valence-corrected chi connectivity index (χ4v) is 0.406. The Balaban J connectivity index is 0. The molecule has 0 aromatic heterocycles. The summed E-state index contributed by atoms with van der Waals surface area (Å²) in [5.41, 5.74) is 0. The second-order valence-corrected chi connectivity index (χ2v) is 4.20. The Morgan fingerprint density at radius 3 is 1.89 bits per heavy atom. The first-order valence-electron chi connectivity index (χ1n) is 2.67. The normalized spacial score (nSPS) is 12.2. The minimum absolute atomic E-state index is 0. The quantitative estimate of drug-likeness (QED) is 0.483. The smallest absolute Gasteiger partial charge is 0.160 e. The average molecular weight is 165 g/mol. The van der Waals surface area contributed by atoms with Crippen LogP contribution in [0.25, 0.3) is 0 Å². The standard InChI is InChI=1S/C5H11O2P.Al.3H/c1-4-5(2,3)8(6)7;;;;/h4H2,1-3H3;;;;/p+1. The fraction of sp³-hybridized carbons (Fsp3) is 1.00. The van der Waals surface area contributed by atoms with Crippen LogP contribution in [0.3, 0.4) is 0 Å². The van der Waals surface area contributed by atoms with E-state index in [9.17, 15) is 4.57 Å². The van der Waals surface area contributed by atoms with Crippen molar-refractivity contribution in [1.29, 1.82) is 0 Å². The first-order valence-corrected chi connectivity index (χ1v) is 3.88. The van der Waals surface area contributed by atoms with Gasteiger partial charge in [-0.25, -0.2) is 0 Å². The van der Waals surface area contributed by atoms with Crippen molar-refractivity contribution < 1.29 is 9.46 Å². The molecule has 2 nitrogen and oxygen atoms in total. The van der Waals surface area contributed by atoms with E-state index in [-0.39, 0.29) is 17.4 Å². The Bertz CT molecular complexity index is 103. The van der Waals surface area contributed by atoms with E-state index < -0.39 is 13.2 Å². The van der Waals surface area contributed by atoms with Crippen LogP contribution in [-0.4, -0.2) is 27.4 Å². The molecule has 0 radical (unpaired) electrons. The lowest BCUT2D eigenvalue weighted by Crippen LogP contribution is -2.11. The van der Waals surface area contributed by atoms with E-state index in [2.05, 4.69) is 0 Å². The Kier molecular flexibility index (Phi) is 6.03. The molecular formula is C5H15AlO2P+. The van der Waals surface area contributed by atoms with Crippen molar-refractivity contribution >= 4 is 25.4 Å². The SMILES string of the molecule is CCC(C)(C)[P+](=O)O.[AlH3]. The molecule has 1 N–H and O–H groups in total. The third kappa shape index (κ3) is 4.06. The van der Waals surface area contributed by atoms with Crippen LogP contribution in [0.4, 0.5) is 0 Å². The maximum absolute atomic E-state index is 10.4. The topological polar surface area (TPSA) is 37.3 Å². The molecule has 1 unspecified atom stereocenters. The van der Waals surface area contributed by atoms with Gasteiger partial charge in [-0.05, 0) is 24.8 Å². The summed E-state index contributed by atoms with van der Waals surface area (Å²) in [7, 11) is -1.99. The van der Waals surface area contributed by atoms with Gasteiger partial charge in [0.1, 0.15) is 0 Å². The van der Waals surface area contributed by atoms with Crippen molar-refractivity contribution in [2.24, 2.45) is 0 Å². The highest BCUT2D eigenvalue weighted by Gasteiger charge is 2.36. The van der Waals surface area contributed by atoms with E-state index in [1.807, 2.05) is 6.92 Å². The van der Waals surface area contributed by atoms with E-state index in [0.717, 1.165) is 6.42 Å². The predicted molar refractivity (Wildman–Crippen MR) is 44.1 cm³/mol. The fourth-order valence-electron chi connectivity index (χ4n) is 0.135. The Hall–Kier alpha value is 0.592.